The number of nitrogens with zero attached hydrogens (tertiary/aromatic N) is 1. The molecule has 0 aromatic rings. The molecule has 0 bridgehead atoms. The maximum Gasteiger partial charge on any atom is 0.407 e. The van der Waals surface area contributed by atoms with E-state index < -0.39 is 0 Å². The topological polar surface area (TPSA) is 58.6 Å². The molecule has 1 amide bonds. The Labute approximate surface area is 96.1 Å². The van der Waals surface area contributed by atoms with Gasteiger partial charge in [0.2, 0.25) is 0 Å². The van der Waals surface area contributed by atoms with Crippen LogP contribution in [0.4, 0.5) is 4.79 Å². The second-order valence-electron chi connectivity index (χ2n) is 4.37. The number of hydrogen-bond donors (Lipinski definition) is 1. The average molecular weight is 228 g/mol. The van der Waals surface area contributed by atoms with Crippen molar-refractivity contribution >= 4 is 11.9 Å². The Morgan fingerprint density at radius 1 is 1.56 bits per heavy atom. The Kier molecular flexibility index (Phi) is 4.73. The number of likely N-dealkylation sites (tertiary alicyclic amines) is 1. The zero-order chi connectivity index (χ0) is 12.1. The van der Waals surface area contributed by atoms with E-state index >= 15 is 0 Å². The van der Waals surface area contributed by atoms with Gasteiger partial charge >= 0.3 is 6.09 Å². The SMILES string of the molecule is COC(=O)NC1CCN(C(C)CC(C)=O)C1. The molecule has 0 aromatic carbocycles. The van der Waals surface area contributed by atoms with Crippen molar-refractivity contribution in [3.63, 3.8) is 0 Å². The van der Waals surface area contributed by atoms with Gasteiger partial charge in [0.1, 0.15) is 5.78 Å². The molecule has 0 aliphatic carbocycles. The minimum absolute atomic E-state index is 0.141. The second kappa shape index (κ2) is 5.84. The van der Waals surface area contributed by atoms with E-state index in [1.165, 1.54) is 7.11 Å². The fraction of sp³-hybridized carbons (Fsp3) is 0.818. The Hall–Kier alpha value is -1.10. The molecule has 1 heterocycles. The molecule has 1 fully saturated rings. The third-order valence-electron chi connectivity index (χ3n) is 2.93. The number of carbonyl (C=O) groups is 2. The molecule has 1 N–H and O–H groups in total. The lowest BCUT2D eigenvalue weighted by Crippen LogP contribution is -2.39. The Balaban J connectivity index is 2.34. The van der Waals surface area contributed by atoms with Gasteiger partial charge in [-0.05, 0) is 20.3 Å². The molecule has 92 valence electrons. The van der Waals surface area contributed by atoms with Crippen LogP contribution in [0.25, 0.3) is 0 Å². The predicted octanol–water partition coefficient (Wildman–Crippen LogP) is 0.784. The van der Waals surface area contributed by atoms with Crippen LogP contribution in [-0.4, -0.2) is 49.1 Å². The van der Waals surface area contributed by atoms with Crippen molar-refractivity contribution in [2.75, 3.05) is 20.2 Å². The van der Waals surface area contributed by atoms with Crippen LogP contribution in [-0.2, 0) is 9.53 Å². The molecule has 5 heteroatoms. The zero-order valence-corrected chi connectivity index (χ0v) is 10.2. The summed E-state index contributed by atoms with van der Waals surface area (Å²) in [6, 6.07) is 0.392. The number of amides is 1. The van der Waals surface area contributed by atoms with E-state index in [9.17, 15) is 9.59 Å². The first-order valence-corrected chi connectivity index (χ1v) is 5.61. The summed E-state index contributed by atoms with van der Waals surface area (Å²) in [6.07, 6.45) is 1.11. The summed E-state index contributed by atoms with van der Waals surface area (Å²) in [5.41, 5.74) is 0. The lowest BCUT2D eigenvalue weighted by molar-refractivity contribution is -0.118. The van der Waals surface area contributed by atoms with E-state index in [1.54, 1.807) is 6.92 Å². The van der Waals surface area contributed by atoms with E-state index in [0.29, 0.717) is 6.42 Å². The van der Waals surface area contributed by atoms with Gasteiger partial charge in [0.05, 0.1) is 7.11 Å². The summed E-state index contributed by atoms with van der Waals surface area (Å²) in [5, 5.41) is 2.78. The van der Waals surface area contributed by atoms with Crippen LogP contribution in [0.3, 0.4) is 0 Å². The maximum absolute atomic E-state index is 11.0. The van der Waals surface area contributed by atoms with E-state index in [-0.39, 0.29) is 24.0 Å². The molecule has 1 aliphatic heterocycles. The van der Waals surface area contributed by atoms with Crippen LogP contribution in [0.1, 0.15) is 26.7 Å². The van der Waals surface area contributed by atoms with Gasteiger partial charge in [-0.15, -0.1) is 0 Å². The molecule has 2 atom stereocenters. The molecule has 0 saturated carbocycles. The van der Waals surface area contributed by atoms with E-state index in [1.807, 2.05) is 6.92 Å². The molecule has 1 rings (SSSR count). The largest absolute Gasteiger partial charge is 0.453 e. The molecule has 1 saturated heterocycles. The first-order valence-electron chi connectivity index (χ1n) is 5.61. The number of ether oxygens (including phenoxy) is 1. The fourth-order valence-electron chi connectivity index (χ4n) is 2.08. The first-order chi connectivity index (χ1) is 7.52. The molecule has 5 nitrogen and oxygen atoms in total. The molecule has 16 heavy (non-hydrogen) atoms. The van der Waals surface area contributed by atoms with E-state index in [2.05, 4.69) is 15.0 Å². The van der Waals surface area contributed by atoms with E-state index in [4.69, 9.17) is 0 Å². The number of carbonyl (C=O) groups excluding carboxylic acids is 2. The highest BCUT2D eigenvalue weighted by Gasteiger charge is 2.27. The van der Waals surface area contributed by atoms with Crippen molar-refractivity contribution in [1.29, 1.82) is 0 Å². The first kappa shape index (κ1) is 13.0. The summed E-state index contributed by atoms with van der Waals surface area (Å²) in [6.45, 7) is 5.37. The van der Waals surface area contributed by atoms with Crippen molar-refractivity contribution < 1.29 is 14.3 Å². The number of nitrogens with one attached hydrogen (secondary N) is 1. The molecule has 0 aromatic heterocycles. The minimum atomic E-state index is -0.383. The van der Waals surface area contributed by atoms with Gasteiger partial charge in [-0.3, -0.25) is 9.69 Å². The molecule has 2 unspecified atom stereocenters. The van der Waals surface area contributed by atoms with Gasteiger partial charge in [0.15, 0.2) is 0 Å². The summed E-state index contributed by atoms with van der Waals surface area (Å²) in [7, 11) is 1.36. The zero-order valence-electron chi connectivity index (χ0n) is 10.2. The number of methoxy groups -OCH3 is 1. The van der Waals surface area contributed by atoms with Gasteiger partial charge in [-0.25, -0.2) is 4.79 Å². The van der Waals surface area contributed by atoms with Crippen LogP contribution in [0.15, 0.2) is 0 Å². The lowest BCUT2D eigenvalue weighted by atomic mass is 10.1. The van der Waals surface area contributed by atoms with Crippen LogP contribution in [0.2, 0.25) is 0 Å². The molecule has 1 aliphatic rings. The Morgan fingerprint density at radius 3 is 2.81 bits per heavy atom. The van der Waals surface area contributed by atoms with Crippen LogP contribution in [0, 0.1) is 0 Å². The molecular formula is C11H20N2O3. The summed E-state index contributed by atoms with van der Waals surface area (Å²) in [4.78, 5) is 24.2. The third kappa shape index (κ3) is 3.81. The highest BCUT2D eigenvalue weighted by atomic mass is 16.5. The van der Waals surface area contributed by atoms with Gasteiger partial charge in [0, 0.05) is 31.6 Å². The highest BCUT2D eigenvalue weighted by molar-refractivity contribution is 5.76. The van der Waals surface area contributed by atoms with Crippen molar-refractivity contribution in [3.8, 4) is 0 Å². The van der Waals surface area contributed by atoms with Crippen LogP contribution < -0.4 is 5.32 Å². The summed E-state index contributed by atoms with van der Waals surface area (Å²) in [5.74, 6) is 0.205. The lowest BCUT2D eigenvalue weighted by Gasteiger charge is -2.23. The van der Waals surface area contributed by atoms with Gasteiger partial charge in [-0.2, -0.15) is 0 Å². The summed E-state index contributed by atoms with van der Waals surface area (Å²) >= 11 is 0. The maximum atomic E-state index is 11.0. The van der Waals surface area contributed by atoms with Gasteiger partial charge < -0.3 is 10.1 Å². The fourth-order valence-corrected chi connectivity index (χ4v) is 2.08. The highest BCUT2D eigenvalue weighted by Crippen LogP contribution is 2.14. The third-order valence-corrected chi connectivity index (χ3v) is 2.93. The Bertz CT molecular complexity index is 268. The van der Waals surface area contributed by atoms with Crippen LogP contribution >= 0.6 is 0 Å². The Morgan fingerprint density at radius 2 is 2.25 bits per heavy atom. The average Bonchev–Trinajstić information content (AvgIpc) is 2.65. The number of rotatable bonds is 4. The number of alkyl carbamates (subject to hydrolysis) is 1. The van der Waals surface area contributed by atoms with Crippen molar-refractivity contribution in [2.45, 2.75) is 38.8 Å². The molecule has 0 spiro atoms. The van der Waals surface area contributed by atoms with E-state index in [0.717, 1.165) is 19.5 Å². The van der Waals surface area contributed by atoms with Crippen molar-refractivity contribution in [3.05, 3.63) is 0 Å². The predicted molar refractivity (Wildman–Crippen MR) is 60.3 cm³/mol. The number of Topliss-reactive ketones (excluding diaryl/α,β-unsaturated/α-hetero) is 1. The van der Waals surface area contributed by atoms with Gasteiger partial charge in [0.25, 0.3) is 0 Å². The standard InChI is InChI=1S/C11H20N2O3/c1-8(6-9(2)14)13-5-4-10(7-13)12-11(15)16-3/h8,10H,4-7H2,1-3H3,(H,12,15). The monoisotopic (exact) mass is 228 g/mol. The number of hydrogen-bond acceptors (Lipinski definition) is 4. The van der Waals surface area contributed by atoms with Crippen LogP contribution in [0.5, 0.6) is 0 Å². The number of ketones is 1. The quantitative estimate of drug-likeness (QED) is 0.772. The normalized spacial score (nSPS) is 22.8. The van der Waals surface area contributed by atoms with Crippen molar-refractivity contribution in [2.24, 2.45) is 0 Å². The minimum Gasteiger partial charge on any atom is -0.453 e. The molecule has 0 radical (unpaired) electrons. The second-order valence-corrected chi connectivity index (χ2v) is 4.37. The molecular weight excluding hydrogens is 208 g/mol. The summed E-state index contributed by atoms with van der Waals surface area (Å²) < 4.78 is 4.55. The van der Waals surface area contributed by atoms with Gasteiger partial charge in [-0.1, -0.05) is 0 Å². The van der Waals surface area contributed by atoms with Crippen molar-refractivity contribution in [1.82, 2.24) is 10.2 Å². The smallest absolute Gasteiger partial charge is 0.407 e.